The van der Waals surface area contributed by atoms with Gasteiger partial charge in [-0.1, -0.05) is 13.8 Å². The van der Waals surface area contributed by atoms with Gasteiger partial charge < -0.3 is 9.47 Å². The Hall–Kier alpha value is -0.340. The van der Waals surface area contributed by atoms with Gasteiger partial charge in [0, 0.05) is 35.6 Å². The molecule has 0 aromatic carbocycles. The summed E-state index contributed by atoms with van der Waals surface area (Å²) in [7, 11) is 3.43. The van der Waals surface area contributed by atoms with E-state index < -0.39 is 0 Å². The van der Waals surface area contributed by atoms with Gasteiger partial charge in [-0.15, -0.1) is 23.2 Å². The summed E-state index contributed by atoms with van der Waals surface area (Å²) in [6.07, 6.45) is 1.72. The summed E-state index contributed by atoms with van der Waals surface area (Å²) >= 11 is 12.7. The minimum Gasteiger partial charge on any atom is -0.501 e. The Labute approximate surface area is 126 Å². The Morgan fingerprint density at radius 2 is 1.63 bits per heavy atom. The largest absolute Gasteiger partial charge is 0.501 e. The summed E-state index contributed by atoms with van der Waals surface area (Å²) in [5.41, 5.74) is 2.26. The molecule has 0 heterocycles. The molecule has 0 aliphatic heterocycles. The highest BCUT2D eigenvalue weighted by atomic mass is 35.5. The first-order valence-corrected chi connectivity index (χ1v) is 7.66. The normalized spacial score (nSPS) is 19.8. The second kappa shape index (κ2) is 7.44. The van der Waals surface area contributed by atoms with Crippen molar-refractivity contribution in [2.24, 2.45) is 11.8 Å². The predicted octanol–water partition coefficient (Wildman–Crippen LogP) is 4.72. The number of ether oxygens (including phenoxy) is 2. The molecule has 0 saturated carbocycles. The van der Waals surface area contributed by atoms with Crippen LogP contribution in [0.2, 0.25) is 0 Å². The second-order valence-electron chi connectivity index (χ2n) is 5.24. The lowest BCUT2D eigenvalue weighted by atomic mass is 9.82. The van der Waals surface area contributed by atoms with Crippen LogP contribution in [0.25, 0.3) is 0 Å². The van der Waals surface area contributed by atoms with E-state index >= 15 is 0 Å². The Morgan fingerprint density at radius 1 is 1.11 bits per heavy atom. The molecule has 0 radical (unpaired) electrons. The van der Waals surface area contributed by atoms with E-state index in [4.69, 9.17) is 32.7 Å². The lowest BCUT2D eigenvalue weighted by Crippen LogP contribution is -2.27. The molecule has 0 aromatic heterocycles. The van der Waals surface area contributed by atoms with Crippen molar-refractivity contribution in [1.29, 1.82) is 0 Å². The molecule has 2 unspecified atom stereocenters. The molecule has 0 N–H and O–H groups in total. The Morgan fingerprint density at radius 3 is 2.05 bits per heavy atom. The van der Waals surface area contributed by atoms with Crippen molar-refractivity contribution in [3.8, 4) is 0 Å². The van der Waals surface area contributed by atoms with Crippen LogP contribution < -0.4 is 0 Å². The zero-order valence-corrected chi connectivity index (χ0v) is 13.9. The van der Waals surface area contributed by atoms with Crippen LogP contribution in [-0.2, 0) is 9.47 Å². The van der Waals surface area contributed by atoms with Crippen LogP contribution in [-0.4, -0.2) is 25.5 Å². The number of rotatable bonds is 6. The van der Waals surface area contributed by atoms with Crippen molar-refractivity contribution in [3.63, 3.8) is 0 Å². The average Bonchev–Trinajstić information content (AvgIpc) is 2.40. The molecule has 1 aliphatic carbocycles. The molecule has 2 nitrogen and oxygen atoms in total. The van der Waals surface area contributed by atoms with Crippen molar-refractivity contribution in [2.45, 2.75) is 39.0 Å². The minimum absolute atomic E-state index is 0.0104. The zero-order chi connectivity index (χ0) is 14.6. The second-order valence-corrected chi connectivity index (χ2v) is 6.06. The lowest BCUT2D eigenvalue weighted by molar-refractivity contribution is 0.231. The maximum absolute atomic E-state index is 6.56. The van der Waals surface area contributed by atoms with E-state index in [0.29, 0.717) is 11.8 Å². The molecular formula is C15H24Cl2O2. The number of alkyl halides is 2. The van der Waals surface area contributed by atoms with Crippen molar-refractivity contribution < 1.29 is 9.47 Å². The van der Waals surface area contributed by atoms with Gasteiger partial charge in [0.25, 0.3) is 0 Å². The van der Waals surface area contributed by atoms with Crippen molar-refractivity contribution in [2.75, 3.05) is 20.1 Å². The van der Waals surface area contributed by atoms with Gasteiger partial charge in [-0.3, -0.25) is 0 Å². The highest BCUT2D eigenvalue weighted by Crippen LogP contribution is 2.39. The Kier molecular flexibility index (Phi) is 6.55. The molecule has 1 aliphatic rings. The van der Waals surface area contributed by atoms with Crippen molar-refractivity contribution in [3.05, 3.63) is 22.7 Å². The number of methoxy groups -OCH3 is 2. The molecule has 0 saturated heterocycles. The van der Waals surface area contributed by atoms with Gasteiger partial charge in [0.2, 0.25) is 0 Å². The average molecular weight is 307 g/mol. The van der Waals surface area contributed by atoms with Gasteiger partial charge in [-0.25, -0.2) is 0 Å². The van der Waals surface area contributed by atoms with E-state index in [2.05, 4.69) is 20.8 Å². The molecule has 19 heavy (non-hydrogen) atoms. The predicted molar refractivity (Wildman–Crippen MR) is 81.7 cm³/mol. The van der Waals surface area contributed by atoms with Crippen LogP contribution in [0.15, 0.2) is 22.7 Å². The first-order valence-electron chi connectivity index (χ1n) is 6.69. The minimum atomic E-state index is -0.0104. The first kappa shape index (κ1) is 16.7. The monoisotopic (exact) mass is 306 g/mol. The third-order valence-corrected chi connectivity index (χ3v) is 4.89. The highest BCUT2D eigenvalue weighted by Gasteiger charge is 2.32. The van der Waals surface area contributed by atoms with Crippen molar-refractivity contribution >= 4 is 23.2 Å². The fourth-order valence-electron chi connectivity index (χ4n) is 2.65. The van der Waals surface area contributed by atoms with E-state index in [9.17, 15) is 0 Å². The first-order chi connectivity index (χ1) is 8.97. The smallest absolute Gasteiger partial charge is 0.0999 e. The molecule has 0 bridgehead atoms. The SMILES string of the molecule is COC1=C(C)C(C(CCl)C(Cl)C(C)C)=C(OC)CC1. The quantitative estimate of drug-likeness (QED) is 0.661. The summed E-state index contributed by atoms with van der Waals surface area (Å²) in [5.74, 6) is 2.94. The number of hydrogen-bond acceptors (Lipinski definition) is 2. The topological polar surface area (TPSA) is 18.5 Å². The molecule has 0 spiro atoms. The van der Waals surface area contributed by atoms with E-state index in [-0.39, 0.29) is 11.3 Å². The van der Waals surface area contributed by atoms with Crippen molar-refractivity contribution in [1.82, 2.24) is 0 Å². The van der Waals surface area contributed by atoms with Crippen LogP contribution in [0.1, 0.15) is 33.6 Å². The maximum atomic E-state index is 6.56. The Bertz CT molecular complexity index is 372. The third kappa shape index (κ3) is 3.61. The van der Waals surface area contributed by atoms with Gasteiger partial charge >= 0.3 is 0 Å². The standard InChI is InChI=1S/C15H24Cl2O2/c1-9(2)15(17)11(8-16)14-10(3)12(18-4)6-7-13(14)19-5/h9,11,15H,6-8H2,1-5H3. The maximum Gasteiger partial charge on any atom is 0.0999 e. The summed E-state index contributed by atoms with van der Waals surface area (Å²) in [6, 6.07) is 0. The van der Waals surface area contributed by atoms with Gasteiger partial charge in [-0.2, -0.15) is 0 Å². The molecule has 1 rings (SSSR count). The summed E-state index contributed by atoms with van der Waals surface area (Å²) in [6.45, 7) is 6.29. The van der Waals surface area contributed by atoms with E-state index in [1.165, 1.54) is 0 Å². The molecular weight excluding hydrogens is 283 g/mol. The van der Waals surface area contributed by atoms with Gasteiger partial charge in [-0.05, 0) is 18.4 Å². The molecule has 0 aromatic rings. The number of hydrogen-bond donors (Lipinski definition) is 0. The number of halogens is 2. The summed E-state index contributed by atoms with van der Waals surface area (Å²) in [5, 5.41) is -0.0104. The van der Waals surface area contributed by atoms with E-state index in [1.807, 2.05) is 0 Å². The molecule has 110 valence electrons. The Balaban J connectivity index is 3.23. The fraction of sp³-hybridized carbons (Fsp3) is 0.733. The van der Waals surface area contributed by atoms with Gasteiger partial charge in [0.1, 0.15) is 0 Å². The van der Waals surface area contributed by atoms with Crippen LogP contribution in [0, 0.1) is 11.8 Å². The van der Waals surface area contributed by atoms with Gasteiger partial charge in [0.15, 0.2) is 0 Å². The molecule has 4 heteroatoms. The summed E-state index contributed by atoms with van der Waals surface area (Å²) in [4.78, 5) is 0. The van der Waals surface area contributed by atoms with Crippen LogP contribution in [0.5, 0.6) is 0 Å². The van der Waals surface area contributed by atoms with Crippen LogP contribution in [0.4, 0.5) is 0 Å². The summed E-state index contributed by atoms with van der Waals surface area (Å²) < 4.78 is 11.0. The number of allylic oxidation sites excluding steroid dienone is 4. The van der Waals surface area contributed by atoms with Gasteiger partial charge in [0.05, 0.1) is 25.7 Å². The van der Waals surface area contributed by atoms with E-state index in [0.717, 1.165) is 35.5 Å². The zero-order valence-electron chi connectivity index (χ0n) is 12.4. The molecule has 0 amide bonds. The lowest BCUT2D eigenvalue weighted by Gasteiger charge is -2.31. The van der Waals surface area contributed by atoms with E-state index in [1.54, 1.807) is 14.2 Å². The van der Waals surface area contributed by atoms with Crippen LogP contribution in [0.3, 0.4) is 0 Å². The third-order valence-electron chi connectivity index (χ3n) is 3.75. The molecule has 2 atom stereocenters. The highest BCUT2D eigenvalue weighted by molar-refractivity contribution is 6.23. The fourth-order valence-corrected chi connectivity index (χ4v) is 3.30. The van der Waals surface area contributed by atoms with Crippen LogP contribution >= 0.6 is 23.2 Å². The molecule has 0 fully saturated rings.